The molecule has 0 aromatic heterocycles. The molecule has 0 aliphatic carbocycles. The maximum absolute atomic E-state index is 11.5. The van der Waals surface area contributed by atoms with Gasteiger partial charge in [-0.15, -0.1) is 0 Å². The van der Waals surface area contributed by atoms with Crippen LogP contribution in [0.2, 0.25) is 0 Å². The number of rotatable bonds is 10. The molecule has 0 aliphatic heterocycles. The maximum Gasteiger partial charge on any atom is 1.00 e. The molecule has 0 radical (unpaired) electrons. The van der Waals surface area contributed by atoms with Gasteiger partial charge in [0.1, 0.15) is 27.4 Å². The van der Waals surface area contributed by atoms with Crippen LogP contribution in [0, 0.1) is 0 Å². The average molecular weight is 605 g/mol. The van der Waals surface area contributed by atoms with Crippen molar-refractivity contribution in [2.45, 2.75) is 4.90 Å². The van der Waals surface area contributed by atoms with Gasteiger partial charge < -0.3 is 28.6 Å². The molecule has 0 saturated heterocycles. The second-order valence-corrected chi connectivity index (χ2v) is 10.6. The van der Waals surface area contributed by atoms with Crippen molar-refractivity contribution in [2.75, 3.05) is 31.1 Å². The molecule has 5 aromatic rings. The van der Waals surface area contributed by atoms with Crippen LogP contribution in [0.4, 0.5) is 34.1 Å². The molecule has 10 heteroatoms. The number of benzene rings is 5. The maximum atomic E-state index is 11.5. The van der Waals surface area contributed by atoms with E-state index in [-0.39, 0.29) is 34.5 Å². The van der Waals surface area contributed by atoms with E-state index in [1.807, 2.05) is 102 Å². The fraction of sp³-hybridized carbons (Fsp3) is 0.0909. The number of ether oxygens (including phenoxy) is 3. The summed E-state index contributed by atoms with van der Waals surface area (Å²) in [5.74, 6) is 2.22. The van der Waals surface area contributed by atoms with E-state index < -0.39 is 10.1 Å². The Kier molecular flexibility index (Phi) is 10.4. The third-order valence-electron chi connectivity index (χ3n) is 6.74. The Balaban J connectivity index is 0.00000423. The van der Waals surface area contributed by atoms with E-state index in [4.69, 9.17) is 14.2 Å². The van der Waals surface area contributed by atoms with Crippen LogP contribution in [-0.4, -0.2) is 34.3 Å². The monoisotopic (exact) mass is 604 g/mol. The summed E-state index contributed by atoms with van der Waals surface area (Å²) in [4.78, 5) is 3.80. The van der Waals surface area contributed by atoms with Crippen molar-refractivity contribution >= 4 is 44.2 Å². The van der Waals surface area contributed by atoms with Crippen LogP contribution in [0.5, 0.6) is 17.2 Å². The predicted molar refractivity (Wildman–Crippen MR) is 163 cm³/mol. The smallest absolute Gasteiger partial charge is 0.744 e. The van der Waals surface area contributed by atoms with Crippen LogP contribution in [0.25, 0.3) is 0 Å². The molecule has 0 atom stereocenters. The van der Waals surface area contributed by atoms with E-state index in [1.165, 1.54) is 12.1 Å². The van der Waals surface area contributed by atoms with E-state index in [0.29, 0.717) is 11.4 Å². The SMILES string of the molecule is COc1ccc(N(c2ccc(OC)cc2)c2ccc(N(c3ccc(OC)cc3)c3ccc(S(=O)(=O)[O-])cc3)cc2)cc1.[Na+]. The summed E-state index contributed by atoms with van der Waals surface area (Å²) in [5.41, 5.74) is 5.12. The molecule has 5 rings (SSSR count). The van der Waals surface area contributed by atoms with E-state index in [0.717, 1.165) is 39.9 Å². The Hall–Kier alpha value is -3.99. The molecule has 0 bridgehead atoms. The first-order valence-electron chi connectivity index (χ1n) is 13.0. The van der Waals surface area contributed by atoms with Gasteiger partial charge in [0.25, 0.3) is 0 Å². The topological polar surface area (TPSA) is 91.4 Å². The molecule has 8 nitrogen and oxygen atoms in total. The number of hydrogen-bond donors (Lipinski definition) is 0. The van der Waals surface area contributed by atoms with Crippen LogP contribution in [0.1, 0.15) is 0 Å². The molecule has 5 aromatic carbocycles. The van der Waals surface area contributed by atoms with Crippen LogP contribution < -0.4 is 53.6 Å². The zero-order valence-electron chi connectivity index (χ0n) is 24.3. The van der Waals surface area contributed by atoms with E-state index >= 15 is 0 Å². The van der Waals surface area contributed by atoms with E-state index in [2.05, 4.69) is 4.90 Å². The molecule has 0 saturated carbocycles. The first-order valence-corrected chi connectivity index (χ1v) is 14.4. The summed E-state index contributed by atoms with van der Waals surface area (Å²) in [5, 5.41) is 0. The van der Waals surface area contributed by atoms with Gasteiger partial charge in [-0.05, 0) is 121 Å². The molecule has 214 valence electrons. The van der Waals surface area contributed by atoms with Crippen LogP contribution in [-0.2, 0) is 10.1 Å². The molecule has 0 N–H and O–H groups in total. The van der Waals surface area contributed by atoms with Gasteiger partial charge in [-0.3, -0.25) is 0 Å². The van der Waals surface area contributed by atoms with Crippen molar-refractivity contribution in [3.63, 3.8) is 0 Å². The minimum absolute atomic E-state index is 0. The van der Waals surface area contributed by atoms with Gasteiger partial charge in [0.15, 0.2) is 0 Å². The molecule has 43 heavy (non-hydrogen) atoms. The minimum atomic E-state index is -4.57. The summed E-state index contributed by atoms with van der Waals surface area (Å²) < 4.78 is 50.6. The quantitative estimate of drug-likeness (QED) is 0.169. The summed E-state index contributed by atoms with van der Waals surface area (Å²) in [6.45, 7) is 0. The molecule has 0 aliphatic rings. The number of anilines is 6. The molecule has 0 unspecified atom stereocenters. The first-order chi connectivity index (χ1) is 20.3. The average Bonchev–Trinajstić information content (AvgIpc) is 3.03. The van der Waals surface area contributed by atoms with Crippen molar-refractivity contribution in [3.05, 3.63) is 121 Å². The van der Waals surface area contributed by atoms with Gasteiger partial charge in [0.05, 0.1) is 26.2 Å². The molecule has 0 fully saturated rings. The van der Waals surface area contributed by atoms with E-state index in [9.17, 15) is 13.0 Å². The Morgan fingerprint density at radius 3 is 0.860 bits per heavy atom. The standard InChI is InChI=1S/C33H30N2O6S.Na/c1-39-30-16-8-26(9-17-30)34(27-10-18-31(40-2)19-11-27)24-4-6-25(7-5-24)35(28-12-20-32(41-3)21-13-28)29-14-22-33(23-15-29)42(36,37)38;/h4-23H,1-3H3,(H,36,37,38);/q;+1/p-1. The second-order valence-electron chi connectivity index (χ2n) is 9.23. The number of methoxy groups -OCH3 is 3. The molecule has 0 amide bonds. The fourth-order valence-electron chi connectivity index (χ4n) is 4.60. The van der Waals surface area contributed by atoms with Gasteiger partial charge in [-0.2, -0.15) is 0 Å². The summed E-state index contributed by atoms with van der Waals surface area (Å²) >= 11 is 0. The van der Waals surface area contributed by atoms with Crippen LogP contribution >= 0.6 is 0 Å². The zero-order chi connectivity index (χ0) is 29.7. The molecular weight excluding hydrogens is 575 g/mol. The van der Waals surface area contributed by atoms with Gasteiger partial charge in [-0.1, -0.05) is 0 Å². The van der Waals surface area contributed by atoms with Crippen LogP contribution in [0.3, 0.4) is 0 Å². The Morgan fingerprint density at radius 2 is 0.651 bits per heavy atom. The minimum Gasteiger partial charge on any atom is -0.744 e. The summed E-state index contributed by atoms with van der Waals surface area (Å²) in [7, 11) is 0.307. The largest absolute Gasteiger partial charge is 1.00 e. The van der Waals surface area contributed by atoms with Crippen molar-refractivity contribution in [3.8, 4) is 17.2 Å². The molecular formula is C33H29N2NaO6S. The van der Waals surface area contributed by atoms with E-state index in [1.54, 1.807) is 33.5 Å². The normalized spacial score (nSPS) is 10.8. The molecule has 0 spiro atoms. The third-order valence-corrected chi connectivity index (χ3v) is 7.59. The van der Waals surface area contributed by atoms with Crippen molar-refractivity contribution in [1.82, 2.24) is 0 Å². The Bertz CT molecular complexity index is 1680. The predicted octanol–water partition coefficient (Wildman–Crippen LogP) is 4.56. The van der Waals surface area contributed by atoms with Gasteiger partial charge in [-0.25, -0.2) is 8.42 Å². The second kappa shape index (κ2) is 14.0. The zero-order valence-corrected chi connectivity index (χ0v) is 27.1. The number of nitrogens with zero attached hydrogens (tertiary/aromatic N) is 2. The van der Waals surface area contributed by atoms with Gasteiger partial charge in [0.2, 0.25) is 0 Å². The van der Waals surface area contributed by atoms with Gasteiger partial charge in [0, 0.05) is 34.1 Å². The summed E-state index contributed by atoms with van der Waals surface area (Å²) in [6.07, 6.45) is 0. The Labute approximate surface area is 274 Å². The first kappa shape index (κ1) is 31.9. The summed E-state index contributed by atoms with van der Waals surface area (Å²) in [6, 6.07) is 37.0. The Morgan fingerprint density at radius 1 is 0.442 bits per heavy atom. The van der Waals surface area contributed by atoms with Crippen molar-refractivity contribution < 1.29 is 56.7 Å². The number of hydrogen-bond acceptors (Lipinski definition) is 8. The van der Waals surface area contributed by atoms with Crippen molar-refractivity contribution in [1.29, 1.82) is 0 Å². The van der Waals surface area contributed by atoms with Crippen molar-refractivity contribution in [2.24, 2.45) is 0 Å². The van der Waals surface area contributed by atoms with Crippen LogP contribution in [0.15, 0.2) is 126 Å². The third kappa shape index (κ3) is 7.33. The fourth-order valence-corrected chi connectivity index (χ4v) is 5.07. The molecule has 0 heterocycles. The van der Waals surface area contributed by atoms with Gasteiger partial charge >= 0.3 is 29.6 Å².